The van der Waals surface area contributed by atoms with Crippen LogP contribution in [0.3, 0.4) is 0 Å². The maximum absolute atomic E-state index is 11.3. The highest BCUT2D eigenvalue weighted by Crippen LogP contribution is 2.23. The molecule has 0 unspecified atom stereocenters. The Balaban J connectivity index is 2.60. The van der Waals surface area contributed by atoms with Gasteiger partial charge in [0.25, 0.3) is 0 Å². The third-order valence-corrected chi connectivity index (χ3v) is 2.45. The van der Waals surface area contributed by atoms with Crippen LogP contribution < -0.4 is 5.32 Å². The van der Waals surface area contributed by atoms with E-state index < -0.39 is 6.09 Å². The summed E-state index contributed by atoms with van der Waals surface area (Å²) in [4.78, 5) is 11.3. The molecule has 0 radical (unpaired) electrons. The van der Waals surface area contributed by atoms with Crippen molar-refractivity contribution in [3.63, 3.8) is 0 Å². The molecule has 0 aliphatic rings. The van der Waals surface area contributed by atoms with Crippen molar-refractivity contribution in [2.45, 2.75) is 20.3 Å². The Hall–Kier alpha value is -1.03. The van der Waals surface area contributed by atoms with Gasteiger partial charge in [-0.1, -0.05) is 13.0 Å². The van der Waals surface area contributed by atoms with Crippen molar-refractivity contribution < 1.29 is 9.53 Å². The van der Waals surface area contributed by atoms with E-state index in [1.807, 2.05) is 32.0 Å². The smallest absolute Gasteiger partial charge is 0.411 e. The van der Waals surface area contributed by atoms with Crippen LogP contribution in [0.25, 0.3) is 0 Å². The highest BCUT2D eigenvalue weighted by atomic mass is 79.9. The highest BCUT2D eigenvalue weighted by Gasteiger charge is 2.05. The van der Waals surface area contributed by atoms with E-state index >= 15 is 0 Å². The van der Waals surface area contributed by atoms with Gasteiger partial charge in [0, 0.05) is 4.47 Å². The first-order valence-electron chi connectivity index (χ1n) is 4.83. The first-order chi connectivity index (χ1) is 7.13. The van der Waals surface area contributed by atoms with Gasteiger partial charge < -0.3 is 4.74 Å². The summed E-state index contributed by atoms with van der Waals surface area (Å²) in [5, 5.41) is 2.66. The lowest BCUT2D eigenvalue weighted by atomic mass is 10.2. The van der Waals surface area contributed by atoms with Crippen LogP contribution in [0.1, 0.15) is 18.9 Å². The molecule has 15 heavy (non-hydrogen) atoms. The van der Waals surface area contributed by atoms with Crippen LogP contribution in [0.15, 0.2) is 22.7 Å². The number of hydrogen-bond donors (Lipinski definition) is 1. The van der Waals surface area contributed by atoms with Gasteiger partial charge in [0.2, 0.25) is 0 Å². The summed E-state index contributed by atoms with van der Waals surface area (Å²) in [6, 6.07) is 5.71. The molecule has 1 aromatic carbocycles. The van der Waals surface area contributed by atoms with E-state index in [9.17, 15) is 4.79 Å². The quantitative estimate of drug-likeness (QED) is 0.910. The molecule has 0 spiro atoms. The average molecular weight is 272 g/mol. The van der Waals surface area contributed by atoms with Crippen LogP contribution >= 0.6 is 15.9 Å². The summed E-state index contributed by atoms with van der Waals surface area (Å²) < 4.78 is 5.77. The molecule has 82 valence electrons. The van der Waals surface area contributed by atoms with Gasteiger partial charge in [-0.15, -0.1) is 0 Å². The van der Waals surface area contributed by atoms with Crippen molar-refractivity contribution in [2.75, 3.05) is 11.9 Å². The number of carbonyl (C=O) groups excluding carboxylic acids is 1. The first kappa shape index (κ1) is 12.0. The van der Waals surface area contributed by atoms with E-state index in [0.717, 1.165) is 22.1 Å². The van der Waals surface area contributed by atoms with E-state index in [1.165, 1.54) is 0 Å². The molecule has 4 heteroatoms. The van der Waals surface area contributed by atoms with E-state index in [4.69, 9.17) is 4.74 Å². The molecule has 0 bridgehead atoms. The fourth-order valence-corrected chi connectivity index (χ4v) is 1.65. The van der Waals surface area contributed by atoms with Gasteiger partial charge in [-0.05, 0) is 47.0 Å². The lowest BCUT2D eigenvalue weighted by molar-refractivity contribution is 0.161. The van der Waals surface area contributed by atoms with Crippen molar-refractivity contribution >= 4 is 27.7 Å². The van der Waals surface area contributed by atoms with E-state index in [1.54, 1.807) is 0 Å². The number of carbonyl (C=O) groups is 1. The van der Waals surface area contributed by atoms with Crippen molar-refractivity contribution in [2.24, 2.45) is 0 Å². The van der Waals surface area contributed by atoms with Crippen LogP contribution in [-0.2, 0) is 4.74 Å². The fraction of sp³-hybridized carbons (Fsp3) is 0.364. The molecule has 0 fully saturated rings. The highest BCUT2D eigenvalue weighted by molar-refractivity contribution is 9.10. The van der Waals surface area contributed by atoms with Crippen molar-refractivity contribution in [3.8, 4) is 0 Å². The molecule has 1 aromatic rings. The van der Waals surface area contributed by atoms with E-state index in [-0.39, 0.29) is 0 Å². The van der Waals surface area contributed by atoms with E-state index in [0.29, 0.717) is 6.61 Å². The monoisotopic (exact) mass is 271 g/mol. The lowest BCUT2D eigenvalue weighted by Crippen LogP contribution is -2.14. The minimum absolute atomic E-state index is 0.415. The Morgan fingerprint density at radius 2 is 2.27 bits per heavy atom. The predicted molar refractivity (Wildman–Crippen MR) is 64.1 cm³/mol. The number of amides is 1. The van der Waals surface area contributed by atoms with Crippen molar-refractivity contribution in [3.05, 3.63) is 28.2 Å². The summed E-state index contributed by atoms with van der Waals surface area (Å²) in [6.45, 7) is 4.38. The number of hydrogen-bond acceptors (Lipinski definition) is 2. The predicted octanol–water partition coefficient (Wildman–Crippen LogP) is 3.72. The number of aryl methyl sites for hydroxylation is 1. The normalized spacial score (nSPS) is 9.80. The minimum atomic E-state index is -0.415. The molecule has 3 nitrogen and oxygen atoms in total. The molecule has 1 N–H and O–H groups in total. The summed E-state index contributed by atoms with van der Waals surface area (Å²) in [5.74, 6) is 0. The number of benzene rings is 1. The molecule has 1 amide bonds. The van der Waals surface area contributed by atoms with Gasteiger partial charge in [0.1, 0.15) is 0 Å². The molecule has 0 aromatic heterocycles. The maximum Gasteiger partial charge on any atom is 0.411 e. The zero-order valence-corrected chi connectivity index (χ0v) is 10.4. The molecule has 0 saturated heterocycles. The average Bonchev–Trinajstić information content (AvgIpc) is 2.19. The standard InChI is InChI=1S/C11H14BrNO2/c1-3-6-15-11(14)13-10-5-4-8(2)7-9(10)12/h4-5,7H,3,6H2,1-2H3,(H,13,14). The topological polar surface area (TPSA) is 38.3 Å². The van der Waals surface area contributed by atoms with E-state index in [2.05, 4.69) is 21.2 Å². The zero-order valence-electron chi connectivity index (χ0n) is 8.84. The Morgan fingerprint density at radius 1 is 1.53 bits per heavy atom. The lowest BCUT2D eigenvalue weighted by Gasteiger charge is -2.08. The number of rotatable bonds is 3. The largest absolute Gasteiger partial charge is 0.449 e. The summed E-state index contributed by atoms with van der Waals surface area (Å²) in [7, 11) is 0. The Kier molecular flexibility index (Phi) is 4.62. The van der Waals surface area contributed by atoms with Crippen LogP contribution in [0, 0.1) is 6.92 Å². The molecule has 1 rings (SSSR count). The van der Waals surface area contributed by atoms with Gasteiger partial charge in [0.15, 0.2) is 0 Å². The van der Waals surface area contributed by atoms with Gasteiger partial charge >= 0.3 is 6.09 Å². The molecule has 0 saturated carbocycles. The first-order valence-corrected chi connectivity index (χ1v) is 5.62. The summed E-state index contributed by atoms with van der Waals surface area (Å²) in [5.41, 5.74) is 1.86. The Bertz CT molecular complexity index is 352. The minimum Gasteiger partial charge on any atom is -0.449 e. The van der Waals surface area contributed by atoms with Crippen LogP contribution in [0.5, 0.6) is 0 Å². The number of halogens is 1. The molecular formula is C11H14BrNO2. The Labute approximate surface area is 97.9 Å². The van der Waals surface area contributed by atoms with Crippen molar-refractivity contribution in [1.29, 1.82) is 0 Å². The molecule has 0 atom stereocenters. The summed E-state index contributed by atoms with van der Waals surface area (Å²) >= 11 is 3.37. The van der Waals surface area contributed by atoms with Gasteiger partial charge in [0.05, 0.1) is 12.3 Å². The maximum atomic E-state index is 11.3. The zero-order chi connectivity index (χ0) is 11.3. The third-order valence-electron chi connectivity index (χ3n) is 1.80. The molecular weight excluding hydrogens is 258 g/mol. The number of anilines is 1. The molecule has 0 aliphatic carbocycles. The SMILES string of the molecule is CCCOC(=O)Nc1ccc(C)cc1Br. The van der Waals surface area contributed by atoms with Crippen LogP contribution in [-0.4, -0.2) is 12.7 Å². The van der Waals surface area contributed by atoms with Crippen LogP contribution in [0.2, 0.25) is 0 Å². The van der Waals surface area contributed by atoms with Gasteiger partial charge in [-0.25, -0.2) is 4.79 Å². The summed E-state index contributed by atoms with van der Waals surface area (Å²) in [6.07, 6.45) is 0.407. The van der Waals surface area contributed by atoms with Crippen molar-refractivity contribution in [1.82, 2.24) is 0 Å². The molecule has 0 aliphatic heterocycles. The third kappa shape index (κ3) is 3.91. The van der Waals surface area contributed by atoms with Gasteiger partial charge in [-0.2, -0.15) is 0 Å². The molecule has 0 heterocycles. The van der Waals surface area contributed by atoms with Crippen LogP contribution in [0.4, 0.5) is 10.5 Å². The second-order valence-electron chi connectivity index (χ2n) is 3.24. The van der Waals surface area contributed by atoms with Gasteiger partial charge in [-0.3, -0.25) is 5.32 Å². The second kappa shape index (κ2) is 5.75. The number of nitrogens with one attached hydrogen (secondary N) is 1. The number of ether oxygens (including phenoxy) is 1. The second-order valence-corrected chi connectivity index (χ2v) is 4.10. The Morgan fingerprint density at radius 3 is 2.87 bits per heavy atom. The fourth-order valence-electron chi connectivity index (χ4n) is 1.06.